The van der Waals surface area contributed by atoms with Gasteiger partial charge in [-0.2, -0.15) is 5.10 Å². The third-order valence-corrected chi connectivity index (χ3v) is 4.23. The van der Waals surface area contributed by atoms with E-state index < -0.39 is 0 Å². The van der Waals surface area contributed by atoms with Gasteiger partial charge in [0, 0.05) is 36.5 Å². The van der Waals surface area contributed by atoms with Crippen molar-refractivity contribution in [2.75, 3.05) is 18.5 Å². The zero-order valence-electron chi connectivity index (χ0n) is 14.2. The molecule has 0 fully saturated rings. The Labute approximate surface area is 142 Å². The summed E-state index contributed by atoms with van der Waals surface area (Å²) in [6.07, 6.45) is 3.02. The van der Waals surface area contributed by atoms with Crippen molar-refractivity contribution in [3.8, 4) is 5.75 Å². The molecule has 0 saturated carbocycles. The molecule has 6 nitrogen and oxygen atoms in total. The van der Waals surface area contributed by atoms with Gasteiger partial charge >= 0.3 is 0 Å². The second-order valence-electron chi connectivity index (χ2n) is 6.09. The molecular weight excluding hydrogens is 304 g/mol. The van der Waals surface area contributed by atoms with Crippen LogP contribution in [0.15, 0.2) is 18.2 Å². The monoisotopic (exact) mass is 328 g/mol. The van der Waals surface area contributed by atoms with Gasteiger partial charge < -0.3 is 15.4 Å². The van der Waals surface area contributed by atoms with Gasteiger partial charge in [0.15, 0.2) is 5.69 Å². The van der Waals surface area contributed by atoms with Gasteiger partial charge in [0.1, 0.15) is 5.75 Å². The van der Waals surface area contributed by atoms with Gasteiger partial charge in [-0.15, -0.1) is 0 Å². The highest BCUT2D eigenvalue weighted by molar-refractivity contribution is 6.04. The number of anilines is 1. The highest BCUT2D eigenvalue weighted by Crippen LogP contribution is 2.23. The fourth-order valence-corrected chi connectivity index (χ4v) is 2.80. The molecule has 1 aromatic carbocycles. The molecule has 2 heterocycles. The van der Waals surface area contributed by atoms with E-state index in [0.717, 1.165) is 54.1 Å². The molecule has 2 aromatic rings. The molecular formula is C18H24N4O2. The van der Waals surface area contributed by atoms with Crippen molar-refractivity contribution in [2.24, 2.45) is 0 Å². The summed E-state index contributed by atoms with van der Waals surface area (Å²) in [5.41, 5.74) is 4.24. The molecule has 0 unspecified atom stereocenters. The van der Waals surface area contributed by atoms with E-state index in [-0.39, 0.29) is 5.91 Å². The number of aryl methyl sites for hydroxylation is 1. The largest absolute Gasteiger partial charge is 0.494 e. The number of carbonyl (C=O) groups is 1. The first kappa shape index (κ1) is 16.5. The van der Waals surface area contributed by atoms with E-state index in [1.54, 1.807) is 0 Å². The Morgan fingerprint density at radius 1 is 1.42 bits per heavy atom. The molecule has 6 heteroatoms. The number of hydrogen-bond acceptors (Lipinski definition) is 4. The molecule has 0 spiro atoms. The quantitative estimate of drug-likeness (QED) is 0.713. The summed E-state index contributed by atoms with van der Waals surface area (Å²) in [5, 5.41) is 13.4. The van der Waals surface area contributed by atoms with E-state index in [4.69, 9.17) is 4.74 Å². The molecule has 0 atom stereocenters. The van der Waals surface area contributed by atoms with Crippen molar-refractivity contribution < 1.29 is 9.53 Å². The average Bonchev–Trinajstić information content (AvgIpc) is 3.01. The van der Waals surface area contributed by atoms with Crippen molar-refractivity contribution in [1.82, 2.24) is 15.5 Å². The Balaban J connectivity index is 1.69. The highest BCUT2D eigenvalue weighted by atomic mass is 16.5. The molecule has 1 aliphatic heterocycles. The average molecular weight is 328 g/mol. The summed E-state index contributed by atoms with van der Waals surface area (Å²) in [7, 11) is 0. The molecule has 0 saturated heterocycles. The normalized spacial score (nSPS) is 13.4. The van der Waals surface area contributed by atoms with Crippen LogP contribution in [0, 0.1) is 6.92 Å². The summed E-state index contributed by atoms with van der Waals surface area (Å²) >= 11 is 0. The lowest BCUT2D eigenvalue weighted by Gasteiger charge is -2.14. The highest BCUT2D eigenvalue weighted by Gasteiger charge is 2.21. The van der Waals surface area contributed by atoms with Crippen molar-refractivity contribution in [1.29, 1.82) is 0 Å². The lowest BCUT2D eigenvalue weighted by Crippen LogP contribution is -2.25. The summed E-state index contributed by atoms with van der Waals surface area (Å²) in [5.74, 6) is 0.652. The Morgan fingerprint density at radius 3 is 3.08 bits per heavy atom. The van der Waals surface area contributed by atoms with Gasteiger partial charge in [-0.1, -0.05) is 13.3 Å². The zero-order valence-corrected chi connectivity index (χ0v) is 14.2. The Kier molecular flexibility index (Phi) is 5.15. The smallest absolute Gasteiger partial charge is 0.276 e. The maximum Gasteiger partial charge on any atom is 0.276 e. The number of unbranched alkanes of at least 4 members (excludes halogenated alkanes) is 1. The topological polar surface area (TPSA) is 79.0 Å². The maximum atomic E-state index is 12.5. The lowest BCUT2D eigenvalue weighted by molar-refractivity contribution is 0.102. The molecule has 3 N–H and O–H groups in total. The minimum Gasteiger partial charge on any atom is -0.494 e. The van der Waals surface area contributed by atoms with Crippen LogP contribution in [0.5, 0.6) is 5.75 Å². The van der Waals surface area contributed by atoms with Crippen molar-refractivity contribution >= 4 is 11.6 Å². The molecule has 128 valence electrons. The van der Waals surface area contributed by atoms with Crippen molar-refractivity contribution in [3.63, 3.8) is 0 Å². The number of aromatic amines is 1. The number of ether oxygens (including phenoxy) is 1. The molecule has 24 heavy (non-hydrogen) atoms. The Bertz CT molecular complexity index is 724. The van der Waals surface area contributed by atoms with E-state index in [1.807, 2.05) is 25.1 Å². The Hall–Kier alpha value is -2.34. The van der Waals surface area contributed by atoms with Gasteiger partial charge in [-0.25, -0.2) is 0 Å². The predicted molar refractivity (Wildman–Crippen MR) is 93.5 cm³/mol. The zero-order chi connectivity index (χ0) is 16.9. The van der Waals surface area contributed by atoms with Crippen LogP contribution in [-0.4, -0.2) is 29.3 Å². The predicted octanol–water partition coefficient (Wildman–Crippen LogP) is 2.80. The third kappa shape index (κ3) is 3.59. The van der Waals surface area contributed by atoms with Crippen LogP contribution in [0.25, 0.3) is 0 Å². The van der Waals surface area contributed by atoms with Gasteiger partial charge in [-0.05, 0) is 37.1 Å². The second kappa shape index (κ2) is 7.49. The number of rotatable bonds is 6. The first-order valence-electron chi connectivity index (χ1n) is 8.50. The number of nitrogens with zero attached hydrogens (tertiary/aromatic N) is 1. The van der Waals surface area contributed by atoms with Crippen molar-refractivity contribution in [3.05, 3.63) is 40.7 Å². The third-order valence-electron chi connectivity index (χ3n) is 4.23. The lowest BCUT2D eigenvalue weighted by atomic mass is 10.1. The van der Waals surface area contributed by atoms with Crippen LogP contribution in [0.1, 0.15) is 47.1 Å². The maximum absolute atomic E-state index is 12.5. The van der Waals surface area contributed by atoms with Gasteiger partial charge in [0.05, 0.1) is 6.61 Å². The van der Waals surface area contributed by atoms with E-state index in [0.29, 0.717) is 18.8 Å². The fourth-order valence-electron chi connectivity index (χ4n) is 2.80. The molecule has 0 radical (unpaired) electrons. The molecule has 1 aliphatic rings. The van der Waals surface area contributed by atoms with Crippen LogP contribution in [0.2, 0.25) is 0 Å². The van der Waals surface area contributed by atoms with Crippen LogP contribution in [0.3, 0.4) is 0 Å². The number of amides is 1. The standard InChI is InChI=1S/C18H24N4O2/c1-3-4-9-24-13-5-6-15(12(2)10-13)20-18(23)17-14-11-19-8-7-16(14)21-22-17/h5-6,10,19H,3-4,7-9,11H2,1-2H3,(H,20,23)(H,21,22). The number of carbonyl (C=O) groups excluding carboxylic acids is 1. The molecule has 1 aromatic heterocycles. The summed E-state index contributed by atoms with van der Waals surface area (Å²) in [4.78, 5) is 12.5. The number of hydrogen-bond donors (Lipinski definition) is 3. The minimum atomic E-state index is -0.182. The number of fused-ring (bicyclic) bond motifs is 1. The van der Waals surface area contributed by atoms with E-state index >= 15 is 0 Å². The molecule has 0 bridgehead atoms. The van der Waals surface area contributed by atoms with Crippen molar-refractivity contribution in [2.45, 2.75) is 39.7 Å². The van der Waals surface area contributed by atoms with Gasteiger partial charge in [-0.3, -0.25) is 9.89 Å². The van der Waals surface area contributed by atoms with Crippen LogP contribution < -0.4 is 15.4 Å². The van der Waals surface area contributed by atoms with Crippen LogP contribution >= 0.6 is 0 Å². The molecule has 0 aliphatic carbocycles. The van der Waals surface area contributed by atoms with E-state index in [1.165, 1.54) is 0 Å². The summed E-state index contributed by atoms with van der Waals surface area (Å²) < 4.78 is 5.70. The minimum absolute atomic E-state index is 0.182. The van der Waals surface area contributed by atoms with Crippen LogP contribution in [-0.2, 0) is 13.0 Å². The first-order chi connectivity index (χ1) is 11.7. The van der Waals surface area contributed by atoms with Gasteiger partial charge in [0.2, 0.25) is 0 Å². The summed E-state index contributed by atoms with van der Waals surface area (Å²) in [6, 6.07) is 5.72. The number of benzene rings is 1. The molecule has 1 amide bonds. The molecule has 3 rings (SSSR count). The SMILES string of the molecule is CCCCOc1ccc(NC(=O)c2n[nH]c3c2CNCC3)c(C)c1. The summed E-state index contributed by atoms with van der Waals surface area (Å²) in [6.45, 7) is 6.40. The van der Waals surface area contributed by atoms with E-state index in [2.05, 4.69) is 27.8 Å². The Morgan fingerprint density at radius 2 is 2.29 bits per heavy atom. The second-order valence-corrected chi connectivity index (χ2v) is 6.09. The van der Waals surface area contributed by atoms with Gasteiger partial charge in [0.25, 0.3) is 5.91 Å². The number of aromatic nitrogens is 2. The fraction of sp³-hybridized carbons (Fsp3) is 0.444. The number of nitrogens with one attached hydrogen (secondary N) is 3. The first-order valence-corrected chi connectivity index (χ1v) is 8.50. The van der Waals surface area contributed by atoms with Crippen LogP contribution in [0.4, 0.5) is 5.69 Å². The van der Waals surface area contributed by atoms with E-state index in [9.17, 15) is 4.79 Å². The number of H-pyrrole nitrogens is 1.